The van der Waals surface area contributed by atoms with Gasteiger partial charge in [-0.1, -0.05) is 13.8 Å². The van der Waals surface area contributed by atoms with Crippen LogP contribution >= 0.6 is 24.0 Å². The molecule has 1 heterocycles. The Hall–Kier alpha value is -0.0800. The van der Waals surface area contributed by atoms with Crippen molar-refractivity contribution in [1.82, 2.24) is 20.4 Å². The quantitative estimate of drug-likeness (QED) is 0.224. The molecule has 0 aromatic rings. The predicted molar refractivity (Wildman–Crippen MR) is 121 cm³/mol. The van der Waals surface area contributed by atoms with E-state index in [9.17, 15) is 0 Å². The minimum atomic E-state index is 0. The first-order valence-electron chi connectivity index (χ1n) is 9.97. The molecule has 0 aliphatic carbocycles. The van der Waals surface area contributed by atoms with Gasteiger partial charge >= 0.3 is 0 Å². The summed E-state index contributed by atoms with van der Waals surface area (Å²) in [7, 11) is 2.21. The Morgan fingerprint density at radius 1 is 1.04 bits per heavy atom. The van der Waals surface area contributed by atoms with Crippen LogP contribution in [0.3, 0.4) is 0 Å². The normalized spacial score (nSPS) is 18.1. The van der Waals surface area contributed by atoms with Crippen molar-refractivity contribution < 1.29 is 0 Å². The maximum atomic E-state index is 4.74. The minimum absolute atomic E-state index is 0. The zero-order chi connectivity index (χ0) is 17.8. The molecule has 150 valence electrons. The van der Waals surface area contributed by atoms with Crippen molar-refractivity contribution in [2.45, 2.75) is 59.4 Å². The molecule has 1 unspecified atom stereocenters. The fourth-order valence-electron chi connectivity index (χ4n) is 2.92. The summed E-state index contributed by atoms with van der Waals surface area (Å²) >= 11 is 0. The van der Waals surface area contributed by atoms with Gasteiger partial charge in [0.2, 0.25) is 0 Å². The topological polar surface area (TPSA) is 42.9 Å². The predicted octanol–water partition coefficient (Wildman–Crippen LogP) is 3.01. The van der Waals surface area contributed by atoms with Gasteiger partial charge in [-0.05, 0) is 59.0 Å². The highest BCUT2D eigenvalue weighted by Crippen LogP contribution is 2.06. The van der Waals surface area contributed by atoms with Crippen LogP contribution in [0.15, 0.2) is 4.99 Å². The molecule has 0 aromatic heterocycles. The van der Waals surface area contributed by atoms with Crippen molar-refractivity contribution in [3.05, 3.63) is 0 Å². The van der Waals surface area contributed by atoms with E-state index in [4.69, 9.17) is 4.99 Å². The Morgan fingerprint density at radius 2 is 1.72 bits per heavy atom. The number of hydrogen-bond acceptors (Lipinski definition) is 3. The molecule has 0 saturated carbocycles. The molecule has 0 spiro atoms. The third-order valence-corrected chi connectivity index (χ3v) is 4.65. The summed E-state index contributed by atoms with van der Waals surface area (Å²) in [6.45, 7) is 16.9. The molecule has 1 fully saturated rings. The van der Waals surface area contributed by atoms with Crippen molar-refractivity contribution in [3.63, 3.8) is 0 Å². The summed E-state index contributed by atoms with van der Waals surface area (Å²) in [6.07, 6.45) is 4.88. The van der Waals surface area contributed by atoms with Crippen molar-refractivity contribution >= 4 is 29.9 Å². The number of hydrogen-bond donors (Lipinski definition) is 2. The molecule has 0 amide bonds. The summed E-state index contributed by atoms with van der Waals surface area (Å²) in [5, 5.41) is 6.91. The van der Waals surface area contributed by atoms with E-state index in [1.165, 1.54) is 58.4 Å². The third kappa shape index (κ3) is 12.8. The first kappa shape index (κ1) is 24.9. The smallest absolute Gasteiger partial charge is 0.191 e. The van der Waals surface area contributed by atoms with Crippen LogP contribution in [0.5, 0.6) is 0 Å². The number of aliphatic imine (C=N–C) groups is 1. The zero-order valence-corrected chi connectivity index (χ0v) is 19.5. The van der Waals surface area contributed by atoms with E-state index in [2.05, 4.69) is 55.2 Å². The molecule has 1 rings (SSSR count). The number of nitrogens with one attached hydrogen (secondary N) is 2. The first-order valence-corrected chi connectivity index (χ1v) is 9.97. The lowest BCUT2D eigenvalue weighted by Gasteiger charge is -2.32. The van der Waals surface area contributed by atoms with E-state index in [0.29, 0.717) is 6.04 Å². The molecule has 1 saturated heterocycles. The van der Waals surface area contributed by atoms with Crippen LogP contribution in [-0.4, -0.2) is 74.7 Å². The van der Waals surface area contributed by atoms with Crippen LogP contribution in [-0.2, 0) is 0 Å². The van der Waals surface area contributed by atoms with Crippen LogP contribution in [0, 0.1) is 5.92 Å². The van der Waals surface area contributed by atoms with Gasteiger partial charge < -0.3 is 20.4 Å². The Labute approximate surface area is 173 Å². The van der Waals surface area contributed by atoms with E-state index < -0.39 is 0 Å². The molecule has 2 N–H and O–H groups in total. The molecule has 1 atom stereocenters. The van der Waals surface area contributed by atoms with Gasteiger partial charge in [0.25, 0.3) is 0 Å². The molecule has 0 bridgehead atoms. The van der Waals surface area contributed by atoms with Crippen molar-refractivity contribution in [3.8, 4) is 0 Å². The SMILES string of the molecule is CCNC(=NCCCCN1CCN(C)CC1)NC(C)CCC(C)C.I. The largest absolute Gasteiger partial charge is 0.357 e. The van der Waals surface area contributed by atoms with E-state index >= 15 is 0 Å². The van der Waals surface area contributed by atoms with Crippen LogP contribution in [0.4, 0.5) is 0 Å². The lowest BCUT2D eigenvalue weighted by Crippen LogP contribution is -2.44. The first-order chi connectivity index (χ1) is 11.5. The summed E-state index contributed by atoms with van der Waals surface area (Å²) in [5.74, 6) is 1.75. The summed E-state index contributed by atoms with van der Waals surface area (Å²) in [5.41, 5.74) is 0. The molecule has 1 aliphatic heterocycles. The van der Waals surface area contributed by atoms with E-state index in [1.807, 2.05) is 0 Å². The number of likely N-dealkylation sites (N-methyl/N-ethyl adjacent to an activating group) is 1. The highest BCUT2D eigenvalue weighted by Gasteiger charge is 2.12. The molecule has 25 heavy (non-hydrogen) atoms. The number of nitrogens with zero attached hydrogens (tertiary/aromatic N) is 3. The molecule has 6 heteroatoms. The monoisotopic (exact) mass is 467 g/mol. The highest BCUT2D eigenvalue weighted by atomic mass is 127. The lowest BCUT2D eigenvalue weighted by atomic mass is 10.0. The molecule has 1 aliphatic rings. The average Bonchev–Trinajstić information content (AvgIpc) is 2.54. The number of piperazine rings is 1. The van der Waals surface area contributed by atoms with Crippen molar-refractivity contribution in [2.75, 3.05) is 52.9 Å². The van der Waals surface area contributed by atoms with Gasteiger partial charge in [0.15, 0.2) is 5.96 Å². The Balaban J connectivity index is 0.00000576. The Morgan fingerprint density at radius 3 is 2.32 bits per heavy atom. The number of halogens is 1. The number of rotatable bonds is 10. The number of unbranched alkanes of at least 4 members (excludes halogenated alkanes) is 1. The maximum absolute atomic E-state index is 4.74. The van der Waals surface area contributed by atoms with Crippen LogP contribution < -0.4 is 10.6 Å². The van der Waals surface area contributed by atoms with Gasteiger partial charge in [-0.15, -0.1) is 24.0 Å². The second-order valence-corrected chi connectivity index (χ2v) is 7.63. The molecular weight excluding hydrogens is 425 g/mol. The fourth-order valence-corrected chi connectivity index (χ4v) is 2.92. The highest BCUT2D eigenvalue weighted by molar-refractivity contribution is 14.0. The Kier molecular flexibility index (Phi) is 15.0. The minimum Gasteiger partial charge on any atom is -0.357 e. The molecule has 0 radical (unpaired) electrons. The molecular formula is C19H42IN5. The van der Waals surface area contributed by atoms with Crippen LogP contribution in [0.2, 0.25) is 0 Å². The van der Waals surface area contributed by atoms with Crippen LogP contribution in [0.25, 0.3) is 0 Å². The Bertz CT molecular complexity index is 341. The second kappa shape index (κ2) is 15.0. The van der Waals surface area contributed by atoms with Gasteiger partial charge in [-0.2, -0.15) is 0 Å². The average molecular weight is 467 g/mol. The fraction of sp³-hybridized carbons (Fsp3) is 0.947. The van der Waals surface area contributed by atoms with Gasteiger partial charge in [-0.3, -0.25) is 4.99 Å². The summed E-state index contributed by atoms with van der Waals surface area (Å²) < 4.78 is 0. The van der Waals surface area contributed by atoms with Crippen molar-refractivity contribution in [1.29, 1.82) is 0 Å². The third-order valence-electron chi connectivity index (χ3n) is 4.65. The van der Waals surface area contributed by atoms with Crippen LogP contribution in [0.1, 0.15) is 53.4 Å². The molecule has 0 aromatic carbocycles. The standard InChI is InChI=1S/C19H41N5.HI/c1-6-20-19(22-18(4)10-9-17(2)3)21-11-7-8-12-24-15-13-23(5)14-16-24;/h17-18H,6-16H2,1-5H3,(H2,20,21,22);1H. The maximum Gasteiger partial charge on any atom is 0.191 e. The van der Waals surface area contributed by atoms with E-state index in [1.54, 1.807) is 0 Å². The number of guanidine groups is 1. The van der Waals surface area contributed by atoms with Gasteiger partial charge in [-0.25, -0.2) is 0 Å². The van der Waals surface area contributed by atoms with E-state index in [-0.39, 0.29) is 24.0 Å². The summed E-state index contributed by atoms with van der Waals surface area (Å²) in [6, 6.07) is 0.482. The van der Waals surface area contributed by atoms with Crippen molar-refractivity contribution in [2.24, 2.45) is 10.9 Å². The zero-order valence-electron chi connectivity index (χ0n) is 17.2. The van der Waals surface area contributed by atoms with Gasteiger partial charge in [0, 0.05) is 45.3 Å². The van der Waals surface area contributed by atoms with Gasteiger partial charge in [0.1, 0.15) is 0 Å². The molecule has 5 nitrogen and oxygen atoms in total. The lowest BCUT2D eigenvalue weighted by molar-refractivity contribution is 0.152. The van der Waals surface area contributed by atoms with E-state index in [0.717, 1.165) is 25.0 Å². The summed E-state index contributed by atoms with van der Waals surface area (Å²) in [4.78, 5) is 9.74. The van der Waals surface area contributed by atoms with Gasteiger partial charge in [0.05, 0.1) is 0 Å². The second-order valence-electron chi connectivity index (χ2n) is 7.63.